The summed E-state index contributed by atoms with van der Waals surface area (Å²) in [7, 11) is 1.55. The number of ether oxygens (including phenoxy) is 1. The monoisotopic (exact) mass is 253 g/mol. The summed E-state index contributed by atoms with van der Waals surface area (Å²) in [5.41, 5.74) is 0. The van der Waals surface area contributed by atoms with Gasteiger partial charge in [0.2, 0.25) is 11.9 Å². The molecule has 102 valence electrons. The maximum Gasteiger partial charge on any atom is 0.322 e. The van der Waals surface area contributed by atoms with Crippen molar-refractivity contribution in [3.8, 4) is 6.01 Å². The molecule has 0 spiro atoms. The quantitative estimate of drug-likeness (QED) is 0.739. The van der Waals surface area contributed by atoms with Crippen LogP contribution in [-0.4, -0.2) is 35.2 Å². The first-order chi connectivity index (χ1) is 8.69. The van der Waals surface area contributed by atoms with Crippen LogP contribution in [-0.2, 0) is 0 Å². The Kier molecular flexibility index (Phi) is 6.18. The Hall–Kier alpha value is -1.59. The summed E-state index contributed by atoms with van der Waals surface area (Å²) >= 11 is 0. The van der Waals surface area contributed by atoms with E-state index in [2.05, 4.69) is 46.4 Å². The van der Waals surface area contributed by atoms with Crippen molar-refractivity contribution >= 4 is 11.9 Å². The average molecular weight is 253 g/mol. The Labute approximate surface area is 109 Å². The van der Waals surface area contributed by atoms with Crippen LogP contribution in [0.5, 0.6) is 6.01 Å². The molecule has 0 bridgehead atoms. The highest BCUT2D eigenvalue weighted by Crippen LogP contribution is 2.11. The number of hydrogen-bond acceptors (Lipinski definition) is 6. The van der Waals surface area contributed by atoms with Gasteiger partial charge in [-0.25, -0.2) is 0 Å². The second-order valence-corrected chi connectivity index (χ2v) is 4.29. The van der Waals surface area contributed by atoms with E-state index in [-0.39, 0.29) is 0 Å². The number of anilines is 2. The number of nitrogens with one attached hydrogen (secondary N) is 2. The van der Waals surface area contributed by atoms with E-state index < -0.39 is 0 Å². The lowest BCUT2D eigenvalue weighted by Gasteiger charge is -2.11. The SMILES string of the molecule is CCCNc1nc(NCC(C)CC)nc(OC)n1. The molecule has 2 N–H and O–H groups in total. The molecule has 0 aliphatic heterocycles. The van der Waals surface area contributed by atoms with E-state index in [1.54, 1.807) is 7.11 Å². The van der Waals surface area contributed by atoms with Crippen molar-refractivity contribution in [1.82, 2.24) is 15.0 Å². The molecule has 0 aliphatic rings. The molecule has 0 radical (unpaired) electrons. The van der Waals surface area contributed by atoms with Crippen LogP contribution >= 0.6 is 0 Å². The molecular weight excluding hydrogens is 230 g/mol. The maximum atomic E-state index is 5.07. The fourth-order valence-electron chi connectivity index (χ4n) is 1.25. The minimum Gasteiger partial charge on any atom is -0.467 e. The van der Waals surface area contributed by atoms with Crippen LogP contribution in [0.25, 0.3) is 0 Å². The molecule has 0 aromatic carbocycles. The van der Waals surface area contributed by atoms with Crippen LogP contribution in [0, 0.1) is 5.92 Å². The fourth-order valence-corrected chi connectivity index (χ4v) is 1.25. The van der Waals surface area contributed by atoms with E-state index in [4.69, 9.17) is 4.74 Å². The summed E-state index contributed by atoms with van der Waals surface area (Å²) in [6.45, 7) is 8.11. The predicted octanol–water partition coefficient (Wildman–Crippen LogP) is 2.16. The van der Waals surface area contributed by atoms with Crippen molar-refractivity contribution < 1.29 is 4.74 Å². The number of rotatable bonds is 8. The summed E-state index contributed by atoms with van der Waals surface area (Å²) in [4.78, 5) is 12.6. The third-order valence-corrected chi connectivity index (χ3v) is 2.64. The highest BCUT2D eigenvalue weighted by atomic mass is 16.5. The molecule has 1 aromatic rings. The summed E-state index contributed by atoms with van der Waals surface area (Å²) in [5.74, 6) is 1.69. The van der Waals surface area contributed by atoms with Gasteiger partial charge in [-0.1, -0.05) is 27.2 Å². The molecule has 0 saturated carbocycles. The summed E-state index contributed by atoms with van der Waals surface area (Å²) in [5, 5.41) is 6.33. The van der Waals surface area contributed by atoms with Gasteiger partial charge in [0, 0.05) is 13.1 Å². The van der Waals surface area contributed by atoms with Gasteiger partial charge in [-0.2, -0.15) is 15.0 Å². The van der Waals surface area contributed by atoms with E-state index in [1.807, 2.05) is 0 Å². The molecular formula is C12H23N5O. The van der Waals surface area contributed by atoms with Gasteiger partial charge in [0.05, 0.1) is 7.11 Å². The van der Waals surface area contributed by atoms with E-state index >= 15 is 0 Å². The first-order valence-corrected chi connectivity index (χ1v) is 6.47. The molecule has 1 rings (SSSR count). The molecule has 0 saturated heterocycles. The Morgan fingerprint density at radius 3 is 2.33 bits per heavy atom. The first-order valence-electron chi connectivity index (χ1n) is 6.47. The Morgan fingerprint density at radius 1 is 1.11 bits per heavy atom. The lowest BCUT2D eigenvalue weighted by Crippen LogP contribution is -2.15. The van der Waals surface area contributed by atoms with Crippen molar-refractivity contribution in [3.05, 3.63) is 0 Å². The normalized spacial score (nSPS) is 12.0. The van der Waals surface area contributed by atoms with Gasteiger partial charge in [0.1, 0.15) is 0 Å². The van der Waals surface area contributed by atoms with Crippen LogP contribution in [0.4, 0.5) is 11.9 Å². The van der Waals surface area contributed by atoms with Gasteiger partial charge >= 0.3 is 6.01 Å². The molecule has 6 nitrogen and oxygen atoms in total. The van der Waals surface area contributed by atoms with Crippen LogP contribution in [0.3, 0.4) is 0 Å². The van der Waals surface area contributed by atoms with Crippen molar-refractivity contribution in [3.63, 3.8) is 0 Å². The van der Waals surface area contributed by atoms with Gasteiger partial charge in [0.25, 0.3) is 0 Å². The molecule has 1 aromatic heterocycles. The van der Waals surface area contributed by atoms with Crippen LogP contribution in [0.15, 0.2) is 0 Å². The maximum absolute atomic E-state index is 5.07. The Balaban J connectivity index is 2.70. The number of aromatic nitrogens is 3. The minimum absolute atomic E-state index is 0.329. The zero-order valence-electron chi connectivity index (χ0n) is 11.7. The smallest absolute Gasteiger partial charge is 0.322 e. The van der Waals surface area contributed by atoms with Crippen molar-refractivity contribution in [2.24, 2.45) is 5.92 Å². The van der Waals surface area contributed by atoms with Crippen molar-refractivity contribution in [2.75, 3.05) is 30.8 Å². The first kappa shape index (κ1) is 14.5. The van der Waals surface area contributed by atoms with Gasteiger partial charge in [-0.3, -0.25) is 0 Å². The van der Waals surface area contributed by atoms with Crippen molar-refractivity contribution in [1.29, 1.82) is 0 Å². The van der Waals surface area contributed by atoms with E-state index in [1.165, 1.54) is 0 Å². The van der Waals surface area contributed by atoms with E-state index in [9.17, 15) is 0 Å². The predicted molar refractivity (Wildman–Crippen MR) is 73.1 cm³/mol. The molecule has 0 amide bonds. The van der Waals surface area contributed by atoms with Crippen LogP contribution < -0.4 is 15.4 Å². The third kappa shape index (κ3) is 4.73. The number of nitrogens with zero attached hydrogens (tertiary/aromatic N) is 3. The molecule has 1 atom stereocenters. The van der Waals surface area contributed by atoms with Gasteiger partial charge < -0.3 is 15.4 Å². The van der Waals surface area contributed by atoms with Gasteiger partial charge in [0.15, 0.2) is 0 Å². The average Bonchev–Trinajstić information content (AvgIpc) is 2.42. The highest BCUT2D eigenvalue weighted by Gasteiger charge is 2.07. The Morgan fingerprint density at radius 2 is 1.78 bits per heavy atom. The molecule has 1 unspecified atom stereocenters. The van der Waals surface area contributed by atoms with Crippen molar-refractivity contribution in [2.45, 2.75) is 33.6 Å². The van der Waals surface area contributed by atoms with Gasteiger partial charge in [-0.05, 0) is 12.3 Å². The third-order valence-electron chi connectivity index (χ3n) is 2.64. The second kappa shape index (κ2) is 7.68. The molecule has 1 heterocycles. The summed E-state index contributed by atoms with van der Waals surface area (Å²) in [6, 6.07) is 0.329. The zero-order valence-corrected chi connectivity index (χ0v) is 11.7. The lowest BCUT2D eigenvalue weighted by molar-refractivity contribution is 0.379. The minimum atomic E-state index is 0.329. The molecule has 0 fully saturated rings. The topological polar surface area (TPSA) is 72.0 Å². The van der Waals surface area contributed by atoms with E-state index in [0.717, 1.165) is 25.9 Å². The zero-order chi connectivity index (χ0) is 13.4. The second-order valence-electron chi connectivity index (χ2n) is 4.29. The number of hydrogen-bond donors (Lipinski definition) is 2. The number of methoxy groups -OCH3 is 1. The summed E-state index contributed by atoms with van der Waals surface area (Å²) in [6.07, 6.45) is 2.14. The highest BCUT2D eigenvalue weighted by molar-refractivity contribution is 5.35. The van der Waals surface area contributed by atoms with Crippen LogP contribution in [0.1, 0.15) is 33.6 Å². The van der Waals surface area contributed by atoms with Gasteiger partial charge in [-0.15, -0.1) is 0 Å². The Bertz CT molecular complexity index is 358. The fraction of sp³-hybridized carbons (Fsp3) is 0.750. The standard InChI is InChI=1S/C12H23N5O/c1-5-7-13-10-15-11(14-8-9(3)6-2)17-12(16-10)18-4/h9H,5-8H2,1-4H3,(H2,13,14,15,16,17). The summed E-state index contributed by atoms with van der Waals surface area (Å²) < 4.78 is 5.07. The molecule has 18 heavy (non-hydrogen) atoms. The largest absolute Gasteiger partial charge is 0.467 e. The van der Waals surface area contributed by atoms with E-state index in [0.29, 0.717) is 23.8 Å². The molecule has 6 heteroatoms. The molecule has 0 aliphatic carbocycles. The lowest BCUT2D eigenvalue weighted by atomic mass is 10.1. The van der Waals surface area contributed by atoms with Crippen LogP contribution in [0.2, 0.25) is 0 Å².